The fraction of sp³-hybridized carbons (Fsp3) is 0.444. The average molecular weight is 383 g/mol. The van der Waals surface area contributed by atoms with Crippen molar-refractivity contribution in [1.29, 1.82) is 0 Å². The van der Waals surface area contributed by atoms with Gasteiger partial charge in [0.25, 0.3) is 5.91 Å². The molecule has 0 bridgehead atoms. The zero-order valence-corrected chi connectivity index (χ0v) is 15.3. The third-order valence-electron chi connectivity index (χ3n) is 5.18. The van der Waals surface area contributed by atoms with E-state index < -0.39 is 11.6 Å². The van der Waals surface area contributed by atoms with Crippen molar-refractivity contribution in [2.45, 2.75) is 31.7 Å². The van der Waals surface area contributed by atoms with Crippen LogP contribution in [0.4, 0.5) is 8.78 Å². The zero-order chi connectivity index (χ0) is 17.6. The first-order valence-electron chi connectivity index (χ1n) is 8.60. The van der Waals surface area contributed by atoms with Crippen LogP contribution in [-0.4, -0.2) is 46.8 Å². The first kappa shape index (κ1) is 18.8. The minimum atomic E-state index is -0.915. The van der Waals surface area contributed by atoms with Gasteiger partial charge in [-0.05, 0) is 44.4 Å². The maximum Gasteiger partial charge on any atom is 0.274 e. The molecule has 8 heteroatoms. The van der Waals surface area contributed by atoms with Crippen molar-refractivity contribution in [3.63, 3.8) is 0 Å². The Hall–Kier alpha value is -1.99. The van der Waals surface area contributed by atoms with Crippen LogP contribution >= 0.6 is 12.4 Å². The molecule has 140 valence electrons. The highest BCUT2D eigenvalue weighted by Gasteiger charge is 2.31. The molecule has 0 saturated carbocycles. The van der Waals surface area contributed by atoms with Crippen LogP contribution in [0.25, 0.3) is 5.69 Å². The number of nitrogens with zero attached hydrogens (tertiary/aromatic N) is 3. The number of nitrogens with one attached hydrogen (secondary N) is 1. The Morgan fingerprint density at radius 3 is 2.81 bits per heavy atom. The standard InChI is InChI=1S/C18H20F2N4O.ClH/c1-23(12-7-8-21-10-12)18(25)17-13-3-2-4-16(13)24(22-17)11-5-6-14(19)15(20)9-11;/h5-6,9,12,21H,2-4,7-8,10H2,1H3;1H. The Morgan fingerprint density at radius 1 is 1.31 bits per heavy atom. The molecule has 1 saturated heterocycles. The summed E-state index contributed by atoms with van der Waals surface area (Å²) in [4.78, 5) is 14.7. The molecular formula is C18H21ClF2N4O. The summed E-state index contributed by atoms with van der Waals surface area (Å²) >= 11 is 0. The molecule has 26 heavy (non-hydrogen) atoms. The number of carbonyl (C=O) groups is 1. The van der Waals surface area contributed by atoms with Gasteiger partial charge in [0.15, 0.2) is 17.3 Å². The van der Waals surface area contributed by atoms with Crippen LogP contribution in [0.15, 0.2) is 18.2 Å². The van der Waals surface area contributed by atoms with E-state index in [9.17, 15) is 13.6 Å². The third-order valence-corrected chi connectivity index (χ3v) is 5.18. The van der Waals surface area contributed by atoms with Crippen molar-refractivity contribution < 1.29 is 13.6 Å². The highest BCUT2D eigenvalue weighted by molar-refractivity contribution is 5.94. The number of halogens is 3. The van der Waals surface area contributed by atoms with Crippen molar-refractivity contribution >= 4 is 18.3 Å². The van der Waals surface area contributed by atoms with E-state index in [1.807, 2.05) is 0 Å². The number of benzene rings is 1. The van der Waals surface area contributed by atoms with Crippen LogP contribution < -0.4 is 5.32 Å². The largest absolute Gasteiger partial charge is 0.336 e. The third kappa shape index (κ3) is 3.10. The van der Waals surface area contributed by atoms with E-state index >= 15 is 0 Å². The minimum absolute atomic E-state index is 0. The second-order valence-corrected chi connectivity index (χ2v) is 6.70. The van der Waals surface area contributed by atoms with Gasteiger partial charge in [0.2, 0.25) is 0 Å². The molecule has 0 radical (unpaired) electrons. The van der Waals surface area contributed by atoms with Gasteiger partial charge in [-0.25, -0.2) is 13.5 Å². The van der Waals surface area contributed by atoms with Gasteiger partial charge in [-0.3, -0.25) is 4.79 Å². The summed E-state index contributed by atoms with van der Waals surface area (Å²) < 4.78 is 28.4. The van der Waals surface area contributed by atoms with Crippen molar-refractivity contribution in [2.75, 3.05) is 20.1 Å². The summed E-state index contributed by atoms with van der Waals surface area (Å²) in [5.74, 6) is -1.91. The maximum atomic E-state index is 13.6. The lowest BCUT2D eigenvalue weighted by Gasteiger charge is -2.23. The fourth-order valence-electron chi connectivity index (χ4n) is 3.74. The molecule has 1 aliphatic heterocycles. The molecule has 1 amide bonds. The second kappa shape index (κ2) is 7.32. The van der Waals surface area contributed by atoms with E-state index in [1.165, 1.54) is 6.07 Å². The highest BCUT2D eigenvalue weighted by atomic mass is 35.5. The van der Waals surface area contributed by atoms with Crippen molar-refractivity contribution in [2.24, 2.45) is 0 Å². The SMILES string of the molecule is CN(C(=O)c1nn(-c2ccc(F)c(F)c2)c2c1CCC2)C1CCNC1.Cl. The Labute approximate surface area is 156 Å². The number of likely N-dealkylation sites (N-methyl/N-ethyl adjacent to an activating group) is 1. The fourth-order valence-corrected chi connectivity index (χ4v) is 3.74. The minimum Gasteiger partial charge on any atom is -0.336 e. The summed E-state index contributed by atoms with van der Waals surface area (Å²) in [7, 11) is 1.80. The molecule has 1 fully saturated rings. The van der Waals surface area contributed by atoms with E-state index in [1.54, 1.807) is 16.6 Å². The molecule has 4 rings (SSSR count). The molecule has 1 unspecified atom stereocenters. The monoisotopic (exact) mass is 382 g/mol. The zero-order valence-electron chi connectivity index (χ0n) is 14.5. The van der Waals surface area contributed by atoms with Gasteiger partial charge in [-0.15, -0.1) is 12.4 Å². The van der Waals surface area contributed by atoms with E-state index in [0.29, 0.717) is 11.4 Å². The predicted octanol–water partition coefficient (Wildman–Crippen LogP) is 2.49. The average Bonchev–Trinajstić information content (AvgIpc) is 3.33. The maximum absolute atomic E-state index is 13.6. The number of hydrogen-bond donors (Lipinski definition) is 1. The van der Waals surface area contributed by atoms with E-state index in [0.717, 1.165) is 62.2 Å². The molecule has 1 atom stereocenters. The van der Waals surface area contributed by atoms with Crippen LogP contribution in [-0.2, 0) is 12.8 Å². The van der Waals surface area contributed by atoms with Crippen LogP contribution in [0.5, 0.6) is 0 Å². The Kier molecular flexibility index (Phi) is 5.29. The molecule has 1 aromatic heterocycles. The quantitative estimate of drug-likeness (QED) is 0.887. The van der Waals surface area contributed by atoms with Gasteiger partial charge in [0.1, 0.15) is 0 Å². The van der Waals surface area contributed by atoms with Crippen molar-refractivity contribution in [1.82, 2.24) is 20.0 Å². The number of rotatable bonds is 3. The summed E-state index contributed by atoms with van der Waals surface area (Å²) in [5, 5.41) is 7.74. The van der Waals surface area contributed by atoms with Crippen LogP contribution in [0, 0.1) is 11.6 Å². The number of aromatic nitrogens is 2. The van der Waals surface area contributed by atoms with Gasteiger partial charge in [0.05, 0.1) is 5.69 Å². The Bertz CT molecular complexity index is 833. The molecular weight excluding hydrogens is 362 g/mol. The lowest BCUT2D eigenvalue weighted by atomic mass is 10.1. The van der Waals surface area contributed by atoms with Gasteiger partial charge in [0, 0.05) is 37.0 Å². The molecule has 2 aliphatic rings. The molecule has 2 aromatic rings. The summed E-state index contributed by atoms with van der Waals surface area (Å²) in [6.45, 7) is 1.69. The van der Waals surface area contributed by atoms with Gasteiger partial charge < -0.3 is 10.2 Å². The highest BCUT2D eigenvalue weighted by Crippen LogP contribution is 2.29. The number of amides is 1. The predicted molar refractivity (Wildman–Crippen MR) is 96.1 cm³/mol. The number of fused-ring (bicyclic) bond motifs is 1. The first-order chi connectivity index (χ1) is 12.1. The number of hydrogen-bond acceptors (Lipinski definition) is 3. The Balaban J connectivity index is 0.00000196. The van der Waals surface area contributed by atoms with Crippen molar-refractivity contribution in [3.05, 3.63) is 46.8 Å². The van der Waals surface area contributed by atoms with E-state index in [2.05, 4.69) is 10.4 Å². The Morgan fingerprint density at radius 2 is 2.12 bits per heavy atom. The lowest BCUT2D eigenvalue weighted by Crippen LogP contribution is -2.39. The van der Waals surface area contributed by atoms with Gasteiger partial charge >= 0.3 is 0 Å². The normalized spacial score (nSPS) is 18.5. The molecule has 1 aliphatic carbocycles. The summed E-state index contributed by atoms with van der Waals surface area (Å²) in [6, 6.07) is 3.87. The van der Waals surface area contributed by atoms with Crippen molar-refractivity contribution in [3.8, 4) is 5.69 Å². The molecule has 5 nitrogen and oxygen atoms in total. The molecule has 2 heterocycles. The van der Waals surface area contributed by atoms with E-state index in [4.69, 9.17) is 0 Å². The second-order valence-electron chi connectivity index (χ2n) is 6.70. The van der Waals surface area contributed by atoms with Crippen LogP contribution in [0.2, 0.25) is 0 Å². The molecule has 0 spiro atoms. The van der Waals surface area contributed by atoms with Gasteiger partial charge in [-0.1, -0.05) is 0 Å². The summed E-state index contributed by atoms with van der Waals surface area (Å²) in [6.07, 6.45) is 3.43. The first-order valence-corrected chi connectivity index (χ1v) is 8.60. The van der Waals surface area contributed by atoms with Crippen LogP contribution in [0.3, 0.4) is 0 Å². The molecule has 1 aromatic carbocycles. The van der Waals surface area contributed by atoms with Crippen LogP contribution in [0.1, 0.15) is 34.6 Å². The topological polar surface area (TPSA) is 50.2 Å². The molecule has 1 N–H and O–H groups in total. The number of carbonyl (C=O) groups excluding carboxylic acids is 1. The smallest absolute Gasteiger partial charge is 0.274 e. The summed E-state index contributed by atoms with van der Waals surface area (Å²) in [5.41, 5.74) is 2.74. The van der Waals surface area contributed by atoms with Gasteiger partial charge in [-0.2, -0.15) is 5.10 Å². The lowest BCUT2D eigenvalue weighted by molar-refractivity contribution is 0.0736. The van der Waals surface area contributed by atoms with E-state index in [-0.39, 0.29) is 24.4 Å².